The van der Waals surface area contributed by atoms with E-state index in [9.17, 15) is 38.1 Å². The molecule has 1 saturated heterocycles. The maximum atomic E-state index is 15.1. The van der Waals surface area contributed by atoms with Gasteiger partial charge in [0, 0.05) is 6.42 Å². The Morgan fingerprint density at radius 2 is 1.80 bits per heavy atom. The van der Waals surface area contributed by atoms with Crippen LogP contribution < -0.4 is 10.5 Å². The molecule has 0 saturated carbocycles. The highest BCUT2D eigenvalue weighted by atomic mass is 35.5. The van der Waals surface area contributed by atoms with Crippen molar-refractivity contribution < 1.29 is 56.7 Å². The van der Waals surface area contributed by atoms with Gasteiger partial charge >= 0.3 is 18.1 Å². The van der Waals surface area contributed by atoms with E-state index < -0.39 is 68.0 Å². The first kappa shape index (κ1) is 29.2. The molecular weight excluding hydrogens is 574 g/mol. The van der Waals surface area contributed by atoms with Crippen LogP contribution in [0.2, 0.25) is 5.28 Å². The maximum absolute atomic E-state index is 15.1. The Balaban J connectivity index is 1.51. The van der Waals surface area contributed by atoms with Gasteiger partial charge in [0.1, 0.15) is 23.5 Å². The van der Waals surface area contributed by atoms with Crippen LogP contribution in [-0.4, -0.2) is 90.1 Å². The van der Waals surface area contributed by atoms with E-state index >= 15 is 4.39 Å². The fourth-order valence-electron chi connectivity index (χ4n) is 3.96. The Bertz CT molecular complexity index is 1390. The second-order valence-corrected chi connectivity index (χ2v) is 9.01. The number of alkyl halides is 4. The van der Waals surface area contributed by atoms with E-state index in [1.54, 1.807) is 0 Å². The molecule has 1 aliphatic rings. The number of imidazole rings is 1. The fraction of sp³-hybridized carbons (Fsp3) is 0.409. The summed E-state index contributed by atoms with van der Waals surface area (Å²) >= 11 is 5.81. The molecule has 0 unspecified atom stereocenters. The third-order valence-corrected chi connectivity index (χ3v) is 6.12. The number of rotatable bonds is 10. The Labute approximate surface area is 226 Å². The number of nitrogens with two attached hydrogens (primary N) is 1. The minimum atomic E-state index is -4.59. The predicted octanol–water partition coefficient (Wildman–Crippen LogP) is 1.77. The molecule has 4 atom stereocenters. The summed E-state index contributed by atoms with van der Waals surface area (Å²) in [7, 11) is 0. The highest BCUT2D eigenvalue weighted by Gasteiger charge is 2.52. The Kier molecular flexibility index (Phi) is 8.02. The third kappa shape index (κ3) is 5.86. The standard InChI is InChI=1S/C22H20ClF4N5O8/c23-20-30-15(28)13-16(31-20)32(8-29-13)17-12(24)14(33)11(40-17)6-39-21(18(34)35,19(36)37)5-9-1-3-10(4-2-9)38-7-22(25,26)27/h1-4,8,11-12,14,17,33H,5-7H2,(H,34,35)(H,36,37)(H2,28,30,31)/t11-,12+,14-,17-/m1/s1. The highest BCUT2D eigenvalue weighted by Crippen LogP contribution is 2.35. The van der Waals surface area contributed by atoms with E-state index in [1.165, 1.54) is 0 Å². The molecule has 5 N–H and O–H groups in total. The molecule has 3 heterocycles. The average molecular weight is 594 g/mol. The molecule has 3 aromatic rings. The molecule has 0 bridgehead atoms. The first-order valence-electron chi connectivity index (χ1n) is 11.2. The van der Waals surface area contributed by atoms with E-state index in [4.69, 9.17) is 26.8 Å². The van der Waals surface area contributed by atoms with Crippen LogP contribution in [0.15, 0.2) is 30.6 Å². The predicted molar refractivity (Wildman–Crippen MR) is 125 cm³/mol. The average Bonchev–Trinajstić information content (AvgIpc) is 3.41. The second-order valence-electron chi connectivity index (χ2n) is 8.67. The van der Waals surface area contributed by atoms with E-state index in [0.29, 0.717) is 0 Å². The van der Waals surface area contributed by atoms with Crippen molar-refractivity contribution >= 4 is 40.5 Å². The number of halogens is 5. The Morgan fingerprint density at radius 3 is 2.40 bits per heavy atom. The number of nitrogens with zero attached hydrogens (tertiary/aromatic N) is 4. The zero-order valence-electron chi connectivity index (χ0n) is 20.0. The van der Waals surface area contributed by atoms with Crippen LogP contribution in [-0.2, 0) is 25.5 Å². The van der Waals surface area contributed by atoms with E-state index in [1.807, 2.05) is 0 Å². The topological polar surface area (TPSA) is 192 Å². The molecule has 0 radical (unpaired) electrons. The van der Waals surface area contributed by atoms with Crippen molar-refractivity contribution in [3.05, 3.63) is 41.4 Å². The number of aliphatic carboxylic acids is 2. The molecule has 2 aromatic heterocycles. The van der Waals surface area contributed by atoms with Crippen LogP contribution in [0.25, 0.3) is 11.2 Å². The van der Waals surface area contributed by atoms with Crippen molar-refractivity contribution in [3.8, 4) is 5.75 Å². The lowest BCUT2D eigenvalue weighted by Crippen LogP contribution is -2.52. The molecular formula is C22H20ClF4N5O8. The maximum Gasteiger partial charge on any atom is 0.422 e. The van der Waals surface area contributed by atoms with Gasteiger partial charge in [-0.2, -0.15) is 23.1 Å². The van der Waals surface area contributed by atoms with Crippen LogP contribution in [0.3, 0.4) is 0 Å². The van der Waals surface area contributed by atoms with Crippen molar-refractivity contribution in [2.45, 2.75) is 42.8 Å². The number of anilines is 1. The van der Waals surface area contributed by atoms with Gasteiger partial charge in [0.2, 0.25) is 5.28 Å². The number of aliphatic hydroxyl groups excluding tert-OH is 1. The monoisotopic (exact) mass is 593 g/mol. The number of carbonyl (C=O) groups is 2. The van der Waals surface area contributed by atoms with Gasteiger partial charge in [-0.05, 0) is 29.3 Å². The number of carboxylic acid groups (broad SMARTS) is 2. The van der Waals surface area contributed by atoms with Gasteiger partial charge in [-0.3, -0.25) is 4.57 Å². The molecule has 18 heteroatoms. The second kappa shape index (κ2) is 11.0. The molecule has 0 spiro atoms. The molecule has 1 fully saturated rings. The van der Waals surface area contributed by atoms with Gasteiger partial charge in [-0.25, -0.2) is 19.0 Å². The molecule has 1 aromatic carbocycles. The van der Waals surface area contributed by atoms with E-state index in [-0.39, 0.29) is 33.6 Å². The van der Waals surface area contributed by atoms with Gasteiger partial charge < -0.3 is 35.3 Å². The van der Waals surface area contributed by atoms with Crippen LogP contribution in [0.1, 0.15) is 11.8 Å². The van der Waals surface area contributed by atoms with Gasteiger partial charge in [0.05, 0.1) is 12.9 Å². The summed E-state index contributed by atoms with van der Waals surface area (Å²) in [6, 6.07) is 4.51. The summed E-state index contributed by atoms with van der Waals surface area (Å²) in [5.74, 6) is -4.15. The first-order chi connectivity index (χ1) is 18.7. The minimum Gasteiger partial charge on any atom is -0.484 e. The largest absolute Gasteiger partial charge is 0.484 e. The van der Waals surface area contributed by atoms with Crippen LogP contribution >= 0.6 is 11.6 Å². The summed E-state index contributed by atoms with van der Waals surface area (Å²) in [5, 5.41) is 29.7. The normalized spacial score (nSPS) is 21.6. The fourth-order valence-corrected chi connectivity index (χ4v) is 4.13. The minimum absolute atomic E-state index is 0.0213. The van der Waals surface area contributed by atoms with Crippen LogP contribution in [0.4, 0.5) is 23.4 Å². The molecule has 4 rings (SSSR count). The molecule has 1 aliphatic heterocycles. The summed E-state index contributed by atoms with van der Waals surface area (Å²) in [4.78, 5) is 35.8. The van der Waals surface area contributed by atoms with Gasteiger partial charge in [0.25, 0.3) is 5.60 Å². The molecule has 216 valence electrons. The quantitative estimate of drug-likeness (QED) is 0.151. The molecule has 0 aliphatic carbocycles. The number of fused-ring (bicyclic) bond motifs is 1. The van der Waals surface area contributed by atoms with Gasteiger partial charge in [-0.15, -0.1) is 0 Å². The number of hydrogen-bond acceptors (Lipinski definition) is 10. The summed E-state index contributed by atoms with van der Waals surface area (Å²) in [6.45, 7) is -2.44. The number of ether oxygens (including phenoxy) is 3. The lowest BCUT2D eigenvalue weighted by Gasteiger charge is -2.27. The highest BCUT2D eigenvalue weighted by molar-refractivity contribution is 6.28. The van der Waals surface area contributed by atoms with Crippen molar-refractivity contribution in [1.29, 1.82) is 0 Å². The van der Waals surface area contributed by atoms with Crippen LogP contribution in [0.5, 0.6) is 5.75 Å². The van der Waals surface area contributed by atoms with Crippen LogP contribution in [0, 0.1) is 0 Å². The third-order valence-electron chi connectivity index (χ3n) is 5.95. The summed E-state index contributed by atoms with van der Waals surface area (Å²) in [5.41, 5.74) is 2.90. The SMILES string of the molecule is Nc1nc(Cl)nc2c1ncn2[C@@H]1O[C@H](COC(Cc2ccc(OCC(F)(F)F)cc2)(C(=O)O)C(=O)O)[C@@H](O)[C@@H]1F. The number of benzene rings is 1. The van der Waals surface area contributed by atoms with Crippen molar-refractivity contribution in [2.24, 2.45) is 0 Å². The number of nitrogen functional groups attached to an aromatic ring is 1. The molecule has 0 amide bonds. The molecule has 40 heavy (non-hydrogen) atoms. The molecule has 13 nitrogen and oxygen atoms in total. The number of hydrogen-bond donors (Lipinski definition) is 4. The van der Waals surface area contributed by atoms with Gasteiger partial charge in [0.15, 0.2) is 30.5 Å². The van der Waals surface area contributed by atoms with Crippen molar-refractivity contribution in [2.75, 3.05) is 18.9 Å². The Hall–Kier alpha value is -3.80. The zero-order valence-corrected chi connectivity index (χ0v) is 20.7. The zero-order chi connectivity index (χ0) is 29.4. The first-order valence-corrected chi connectivity index (χ1v) is 11.6. The van der Waals surface area contributed by atoms with E-state index in [0.717, 1.165) is 35.2 Å². The summed E-state index contributed by atoms with van der Waals surface area (Å²) in [6.07, 6.45) is -11.4. The lowest BCUT2D eigenvalue weighted by atomic mass is 9.94. The number of carboxylic acids is 2. The smallest absolute Gasteiger partial charge is 0.422 e. The summed E-state index contributed by atoms with van der Waals surface area (Å²) < 4.78 is 68.5. The van der Waals surface area contributed by atoms with Crippen molar-refractivity contribution in [1.82, 2.24) is 19.5 Å². The van der Waals surface area contributed by atoms with E-state index in [2.05, 4.69) is 19.7 Å². The van der Waals surface area contributed by atoms with Gasteiger partial charge in [-0.1, -0.05) is 12.1 Å². The number of aromatic nitrogens is 4. The lowest BCUT2D eigenvalue weighted by molar-refractivity contribution is -0.190. The Morgan fingerprint density at radius 1 is 1.15 bits per heavy atom. The number of aliphatic hydroxyl groups is 1. The van der Waals surface area contributed by atoms with Crippen molar-refractivity contribution in [3.63, 3.8) is 0 Å².